The first-order valence-corrected chi connectivity index (χ1v) is 7.56. The number of hydrogen-bond donors (Lipinski definition) is 1. The molecule has 0 aliphatic carbocycles. The smallest absolute Gasteiger partial charge is 0.312 e. The van der Waals surface area contributed by atoms with Gasteiger partial charge in [-0.3, -0.25) is 9.59 Å². The van der Waals surface area contributed by atoms with E-state index in [0.29, 0.717) is 36.2 Å². The van der Waals surface area contributed by atoms with Crippen LogP contribution in [0.4, 0.5) is 0 Å². The van der Waals surface area contributed by atoms with Crippen LogP contribution in [0.2, 0.25) is 10.0 Å². The van der Waals surface area contributed by atoms with Crippen molar-refractivity contribution in [1.82, 2.24) is 15.1 Å². The summed E-state index contributed by atoms with van der Waals surface area (Å²) in [6.45, 7) is 2.88. The van der Waals surface area contributed by atoms with Crippen molar-refractivity contribution in [3.05, 3.63) is 33.8 Å². The highest BCUT2D eigenvalue weighted by molar-refractivity contribution is 6.36. The van der Waals surface area contributed by atoms with Gasteiger partial charge in [-0.15, -0.1) is 0 Å². The molecular weight excluding hydrogens is 313 g/mol. The summed E-state index contributed by atoms with van der Waals surface area (Å²) >= 11 is 12.0. The molecule has 0 saturated carbocycles. The van der Waals surface area contributed by atoms with E-state index in [9.17, 15) is 9.59 Å². The topological polar surface area (TPSA) is 52.7 Å². The van der Waals surface area contributed by atoms with E-state index in [1.807, 2.05) is 0 Å². The van der Waals surface area contributed by atoms with Crippen molar-refractivity contribution in [3.8, 4) is 0 Å². The molecule has 112 valence electrons. The van der Waals surface area contributed by atoms with Gasteiger partial charge in [0.1, 0.15) is 0 Å². The van der Waals surface area contributed by atoms with Gasteiger partial charge in [0.2, 0.25) is 0 Å². The second kappa shape index (κ2) is 5.83. The first-order chi connectivity index (χ1) is 10.1. The minimum atomic E-state index is -0.459. The Labute approximate surface area is 132 Å². The summed E-state index contributed by atoms with van der Waals surface area (Å²) in [6, 6.07) is 5.19. The van der Waals surface area contributed by atoms with Gasteiger partial charge in [-0.2, -0.15) is 0 Å². The first-order valence-electron chi connectivity index (χ1n) is 6.81. The fourth-order valence-corrected chi connectivity index (χ4v) is 3.25. The molecule has 0 bridgehead atoms. The Hall–Kier alpha value is -1.30. The molecule has 21 heavy (non-hydrogen) atoms. The quantitative estimate of drug-likeness (QED) is 0.829. The molecular formula is C14H15Cl2N3O2. The van der Waals surface area contributed by atoms with E-state index < -0.39 is 11.8 Å². The Kier molecular flexibility index (Phi) is 4.06. The molecule has 2 aliphatic rings. The number of hydrogen-bond acceptors (Lipinski definition) is 3. The fourth-order valence-electron chi connectivity index (χ4n) is 2.78. The number of carbonyl (C=O) groups excluding carboxylic acids is 2. The number of benzene rings is 1. The van der Waals surface area contributed by atoms with Crippen LogP contribution >= 0.6 is 23.2 Å². The summed E-state index contributed by atoms with van der Waals surface area (Å²) in [5.74, 6) is -0.878. The van der Waals surface area contributed by atoms with E-state index >= 15 is 0 Å². The number of rotatable bonds is 2. The number of nitrogens with one attached hydrogen (secondary N) is 1. The van der Waals surface area contributed by atoms with Crippen LogP contribution in [0.1, 0.15) is 5.56 Å². The number of fused-ring (bicyclic) bond motifs is 1. The Morgan fingerprint density at radius 3 is 2.81 bits per heavy atom. The number of halogens is 2. The Morgan fingerprint density at radius 2 is 2.05 bits per heavy atom. The summed E-state index contributed by atoms with van der Waals surface area (Å²) in [5.41, 5.74) is 0.791. The van der Waals surface area contributed by atoms with Crippen LogP contribution in [-0.4, -0.2) is 53.8 Å². The van der Waals surface area contributed by atoms with Gasteiger partial charge in [-0.1, -0.05) is 29.3 Å². The lowest BCUT2D eigenvalue weighted by atomic mass is 10.1. The van der Waals surface area contributed by atoms with Gasteiger partial charge < -0.3 is 15.1 Å². The third-order valence-electron chi connectivity index (χ3n) is 3.89. The zero-order valence-electron chi connectivity index (χ0n) is 11.3. The lowest BCUT2D eigenvalue weighted by Gasteiger charge is -2.43. The third-order valence-corrected chi connectivity index (χ3v) is 4.48. The highest BCUT2D eigenvalue weighted by atomic mass is 35.5. The lowest BCUT2D eigenvalue weighted by Crippen LogP contribution is -2.65. The van der Waals surface area contributed by atoms with E-state index in [0.717, 1.165) is 12.1 Å². The normalized spacial score (nSPS) is 22.5. The second-order valence-electron chi connectivity index (χ2n) is 5.28. The van der Waals surface area contributed by atoms with Gasteiger partial charge in [0.25, 0.3) is 0 Å². The minimum Gasteiger partial charge on any atom is -0.328 e. The number of nitrogens with zero attached hydrogens (tertiary/aromatic N) is 2. The van der Waals surface area contributed by atoms with Gasteiger partial charge in [-0.25, -0.2) is 0 Å². The largest absolute Gasteiger partial charge is 0.328 e. The molecule has 3 rings (SSSR count). The van der Waals surface area contributed by atoms with Crippen LogP contribution in [0.5, 0.6) is 0 Å². The number of amides is 2. The van der Waals surface area contributed by atoms with Crippen LogP contribution in [0, 0.1) is 0 Å². The minimum absolute atomic E-state index is 0.0371. The zero-order chi connectivity index (χ0) is 15.0. The molecule has 1 atom stereocenters. The highest BCUT2D eigenvalue weighted by Gasteiger charge is 2.39. The molecule has 0 aromatic heterocycles. The molecule has 1 unspecified atom stereocenters. The second-order valence-corrected chi connectivity index (χ2v) is 6.12. The van der Waals surface area contributed by atoms with Crippen molar-refractivity contribution in [3.63, 3.8) is 0 Å². The molecule has 2 heterocycles. The van der Waals surface area contributed by atoms with Crippen molar-refractivity contribution >= 4 is 35.0 Å². The Morgan fingerprint density at radius 1 is 1.24 bits per heavy atom. The van der Waals surface area contributed by atoms with Crippen LogP contribution in [-0.2, 0) is 16.1 Å². The van der Waals surface area contributed by atoms with Crippen molar-refractivity contribution < 1.29 is 9.59 Å². The van der Waals surface area contributed by atoms with E-state index in [2.05, 4.69) is 5.32 Å². The van der Waals surface area contributed by atoms with Crippen molar-refractivity contribution in [2.75, 3.05) is 26.2 Å². The summed E-state index contributed by atoms with van der Waals surface area (Å²) in [5, 5.41) is 4.30. The van der Waals surface area contributed by atoms with Crippen LogP contribution < -0.4 is 5.32 Å². The Balaban J connectivity index is 1.78. The van der Waals surface area contributed by atoms with Crippen molar-refractivity contribution in [1.29, 1.82) is 0 Å². The summed E-state index contributed by atoms with van der Waals surface area (Å²) < 4.78 is 0. The maximum Gasteiger partial charge on any atom is 0.312 e. The fraction of sp³-hybridized carbons (Fsp3) is 0.429. The molecule has 1 N–H and O–H groups in total. The lowest BCUT2D eigenvalue weighted by molar-refractivity contribution is -0.160. The molecule has 0 radical (unpaired) electrons. The van der Waals surface area contributed by atoms with E-state index in [4.69, 9.17) is 23.2 Å². The maximum absolute atomic E-state index is 12.2. The van der Waals surface area contributed by atoms with Crippen molar-refractivity contribution in [2.24, 2.45) is 0 Å². The maximum atomic E-state index is 12.2. The number of carbonyl (C=O) groups is 2. The molecule has 0 spiro atoms. The van der Waals surface area contributed by atoms with Gasteiger partial charge in [0, 0.05) is 42.8 Å². The monoisotopic (exact) mass is 327 g/mol. The molecule has 5 nitrogen and oxygen atoms in total. The van der Waals surface area contributed by atoms with E-state index in [-0.39, 0.29) is 6.04 Å². The predicted octanol–water partition coefficient (Wildman–Crippen LogP) is 1.14. The summed E-state index contributed by atoms with van der Waals surface area (Å²) in [6.07, 6.45) is 0. The predicted molar refractivity (Wildman–Crippen MR) is 80.2 cm³/mol. The average molecular weight is 328 g/mol. The van der Waals surface area contributed by atoms with Crippen molar-refractivity contribution in [2.45, 2.75) is 12.6 Å². The van der Waals surface area contributed by atoms with Gasteiger partial charge in [-0.05, 0) is 17.7 Å². The molecule has 2 amide bonds. The number of piperazine rings is 2. The first kappa shape index (κ1) is 14.6. The van der Waals surface area contributed by atoms with Gasteiger partial charge >= 0.3 is 11.8 Å². The van der Waals surface area contributed by atoms with E-state index in [1.54, 1.807) is 28.0 Å². The zero-order valence-corrected chi connectivity index (χ0v) is 12.8. The molecule has 2 saturated heterocycles. The molecule has 2 fully saturated rings. The third kappa shape index (κ3) is 2.86. The standard InChI is InChI=1S/C14H15Cl2N3O2/c15-10-2-1-9(12(16)5-10)7-18-8-11-6-17-3-4-19(11)14(21)13(18)20/h1-2,5,11,17H,3-4,6-8H2. The average Bonchev–Trinajstić information content (AvgIpc) is 2.47. The van der Waals surface area contributed by atoms with Gasteiger partial charge in [0.15, 0.2) is 0 Å². The molecule has 2 aliphatic heterocycles. The van der Waals surface area contributed by atoms with Crippen LogP contribution in [0.25, 0.3) is 0 Å². The summed E-state index contributed by atoms with van der Waals surface area (Å²) in [7, 11) is 0. The van der Waals surface area contributed by atoms with Crippen LogP contribution in [0.15, 0.2) is 18.2 Å². The molecule has 1 aromatic carbocycles. The van der Waals surface area contributed by atoms with E-state index in [1.165, 1.54) is 0 Å². The SMILES string of the molecule is O=C1C(=O)N2CCNCC2CN1Cc1ccc(Cl)cc1Cl. The van der Waals surface area contributed by atoms with Crippen LogP contribution in [0.3, 0.4) is 0 Å². The molecule has 1 aromatic rings. The van der Waals surface area contributed by atoms with Gasteiger partial charge in [0.05, 0.1) is 6.04 Å². The highest BCUT2D eigenvalue weighted by Crippen LogP contribution is 2.24. The summed E-state index contributed by atoms with van der Waals surface area (Å²) in [4.78, 5) is 27.6. The molecule has 7 heteroatoms. The Bertz CT molecular complexity index is 594.